The van der Waals surface area contributed by atoms with Crippen LogP contribution in [0.25, 0.3) is 0 Å². The van der Waals surface area contributed by atoms with Crippen molar-refractivity contribution in [2.24, 2.45) is 0 Å². The van der Waals surface area contributed by atoms with Crippen LogP contribution in [0.1, 0.15) is 29.3 Å². The molecule has 5 heteroatoms. The highest BCUT2D eigenvalue weighted by atomic mass is 16.5. The Bertz CT molecular complexity index is 485. The molecule has 0 spiro atoms. The van der Waals surface area contributed by atoms with Crippen molar-refractivity contribution in [3.63, 3.8) is 0 Å². The average molecular weight is 306 g/mol. The van der Waals surface area contributed by atoms with E-state index in [2.05, 4.69) is 11.0 Å². The van der Waals surface area contributed by atoms with Crippen molar-refractivity contribution in [3.05, 3.63) is 35.4 Å². The Hall–Kier alpha value is -1.43. The van der Waals surface area contributed by atoms with Gasteiger partial charge in [-0.05, 0) is 31.0 Å². The van der Waals surface area contributed by atoms with Crippen molar-refractivity contribution in [3.8, 4) is 0 Å². The molecule has 1 saturated heterocycles. The predicted molar refractivity (Wildman–Crippen MR) is 85.8 cm³/mol. The van der Waals surface area contributed by atoms with E-state index in [-0.39, 0.29) is 12.0 Å². The molecule has 1 heterocycles. The van der Waals surface area contributed by atoms with Gasteiger partial charge in [0.2, 0.25) is 0 Å². The zero-order valence-corrected chi connectivity index (χ0v) is 13.5. The SMILES string of the molecule is CC(O)CCN(C)C(=O)c1cccc(CN2CCOCC2)c1. The summed E-state index contributed by atoms with van der Waals surface area (Å²) < 4.78 is 5.35. The first-order chi connectivity index (χ1) is 10.6. The molecule has 2 rings (SSSR count). The number of nitrogens with zero attached hydrogens (tertiary/aromatic N) is 2. The lowest BCUT2D eigenvalue weighted by atomic mass is 10.1. The summed E-state index contributed by atoms with van der Waals surface area (Å²) in [5.41, 5.74) is 1.86. The second kappa shape index (κ2) is 8.27. The number of ether oxygens (including phenoxy) is 1. The highest BCUT2D eigenvalue weighted by Gasteiger charge is 2.14. The van der Waals surface area contributed by atoms with Gasteiger partial charge in [-0.3, -0.25) is 9.69 Å². The van der Waals surface area contributed by atoms with Crippen LogP contribution in [-0.4, -0.2) is 66.8 Å². The fourth-order valence-corrected chi connectivity index (χ4v) is 2.52. The second-order valence-corrected chi connectivity index (χ2v) is 5.95. The maximum absolute atomic E-state index is 12.4. The first kappa shape index (κ1) is 16.9. The summed E-state index contributed by atoms with van der Waals surface area (Å²) in [7, 11) is 1.78. The normalized spacial score (nSPS) is 17.2. The number of aliphatic hydroxyl groups is 1. The highest BCUT2D eigenvalue weighted by Crippen LogP contribution is 2.12. The number of carbonyl (C=O) groups is 1. The fourth-order valence-electron chi connectivity index (χ4n) is 2.52. The van der Waals surface area contributed by atoms with Crippen molar-refractivity contribution in [2.75, 3.05) is 39.9 Å². The molecule has 1 fully saturated rings. The van der Waals surface area contributed by atoms with E-state index in [0.717, 1.165) is 38.4 Å². The Morgan fingerprint density at radius 1 is 1.41 bits per heavy atom. The van der Waals surface area contributed by atoms with Crippen LogP contribution < -0.4 is 0 Å². The summed E-state index contributed by atoms with van der Waals surface area (Å²) in [6.07, 6.45) is 0.207. The molecule has 1 aromatic carbocycles. The molecule has 1 aliphatic rings. The number of carbonyl (C=O) groups excluding carboxylic acids is 1. The van der Waals surface area contributed by atoms with Gasteiger partial charge in [-0.15, -0.1) is 0 Å². The Morgan fingerprint density at radius 2 is 2.14 bits per heavy atom. The van der Waals surface area contributed by atoms with Crippen LogP contribution in [-0.2, 0) is 11.3 Å². The van der Waals surface area contributed by atoms with Gasteiger partial charge < -0.3 is 14.7 Å². The molecule has 22 heavy (non-hydrogen) atoms. The van der Waals surface area contributed by atoms with E-state index < -0.39 is 0 Å². The van der Waals surface area contributed by atoms with Crippen LogP contribution in [0.3, 0.4) is 0 Å². The van der Waals surface area contributed by atoms with Crippen molar-refractivity contribution >= 4 is 5.91 Å². The number of benzene rings is 1. The minimum atomic E-state index is -0.386. The molecule has 1 amide bonds. The summed E-state index contributed by atoms with van der Waals surface area (Å²) in [4.78, 5) is 16.4. The minimum Gasteiger partial charge on any atom is -0.393 e. The number of rotatable bonds is 6. The van der Waals surface area contributed by atoms with Crippen LogP contribution in [0.2, 0.25) is 0 Å². The van der Waals surface area contributed by atoms with E-state index in [1.807, 2.05) is 18.2 Å². The Morgan fingerprint density at radius 3 is 2.82 bits per heavy atom. The monoisotopic (exact) mass is 306 g/mol. The van der Waals surface area contributed by atoms with E-state index in [0.29, 0.717) is 18.5 Å². The summed E-state index contributed by atoms with van der Waals surface area (Å²) in [5, 5.41) is 9.33. The first-order valence-corrected chi connectivity index (χ1v) is 7.89. The van der Waals surface area contributed by atoms with Gasteiger partial charge in [-0.2, -0.15) is 0 Å². The van der Waals surface area contributed by atoms with Gasteiger partial charge in [-0.1, -0.05) is 12.1 Å². The number of aliphatic hydroxyl groups excluding tert-OH is 1. The summed E-state index contributed by atoms with van der Waals surface area (Å²) in [5.74, 6) is 0.00415. The third-order valence-corrected chi connectivity index (χ3v) is 3.91. The molecule has 0 aromatic heterocycles. The second-order valence-electron chi connectivity index (χ2n) is 5.95. The Kier molecular flexibility index (Phi) is 6.36. The van der Waals surface area contributed by atoms with E-state index >= 15 is 0 Å². The molecule has 0 bridgehead atoms. The van der Waals surface area contributed by atoms with Gasteiger partial charge in [0.1, 0.15) is 0 Å². The van der Waals surface area contributed by atoms with Gasteiger partial charge >= 0.3 is 0 Å². The van der Waals surface area contributed by atoms with Crippen LogP contribution >= 0.6 is 0 Å². The van der Waals surface area contributed by atoms with Crippen LogP contribution in [0.4, 0.5) is 0 Å². The molecule has 1 aliphatic heterocycles. The Balaban J connectivity index is 1.96. The van der Waals surface area contributed by atoms with E-state index in [9.17, 15) is 9.90 Å². The van der Waals surface area contributed by atoms with E-state index in [1.54, 1.807) is 18.9 Å². The van der Waals surface area contributed by atoms with Crippen LogP contribution in [0.15, 0.2) is 24.3 Å². The highest BCUT2D eigenvalue weighted by molar-refractivity contribution is 5.94. The molecular weight excluding hydrogens is 280 g/mol. The predicted octanol–water partition coefficient (Wildman–Crippen LogP) is 1.36. The van der Waals surface area contributed by atoms with E-state index in [1.165, 1.54) is 0 Å². The smallest absolute Gasteiger partial charge is 0.253 e. The van der Waals surface area contributed by atoms with Crippen LogP contribution in [0.5, 0.6) is 0 Å². The number of morpholine rings is 1. The summed E-state index contributed by atoms with van der Waals surface area (Å²) in [6.45, 7) is 6.58. The van der Waals surface area contributed by atoms with E-state index in [4.69, 9.17) is 4.74 Å². The fraction of sp³-hybridized carbons (Fsp3) is 0.588. The third-order valence-electron chi connectivity index (χ3n) is 3.91. The molecule has 0 aliphatic carbocycles. The van der Waals surface area contributed by atoms with Crippen molar-refractivity contribution in [1.29, 1.82) is 0 Å². The lowest BCUT2D eigenvalue weighted by molar-refractivity contribution is 0.0341. The third kappa shape index (κ3) is 5.09. The van der Waals surface area contributed by atoms with Crippen molar-refractivity contribution in [1.82, 2.24) is 9.80 Å². The number of hydrogen-bond acceptors (Lipinski definition) is 4. The van der Waals surface area contributed by atoms with Gasteiger partial charge in [0.25, 0.3) is 5.91 Å². The first-order valence-electron chi connectivity index (χ1n) is 7.89. The zero-order chi connectivity index (χ0) is 15.9. The molecule has 1 atom stereocenters. The lowest BCUT2D eigenvalue weighted by Crippen LogP contribution is -2.35. The lowest BCUT2D eigenvalue weighted by Gasteiger charge is -2.26. The number of amides is 1. The van der Waals surface area contributed by atoms with Crippen molar-refractivity contribution in [2.45, 2.75) is 26.0 Å². The average Bonchev–Trinajstić information content (AvgIpc) is 2.53. The molecule has 122 valence electrons. The van der Waals surface area contributed by atoms with Crippen LogP contribution in [0, 0.1) is 0 Å². The molecular formula is C17H26N2O3. The maximum atomic E-state index is 12.4. The molecule has 0 radical (unpaired) electrons. The summed E-state index contributed by atoms with van der Waals surface area (Å²) >= 11 is 0. The maximum Gasteiger partial charge on any atom is 0.253 e. The Labute approximate surface area is 132 Å². The topological polar surface area (TPSA) is 53.0 Å². The quantitative estimate of drug-likeness (QED) is 0.862. The minimum absolute atomic E-state index is 0.00415. The summed E-state index contributed by atoms with van der Waals surface area (Å²) in [6, 6.07) is 7.81. The van der Waals surface area contributed by atoms with Gasteiger partial charge in [0.15, 0.2) is 0 Å². The molecule has 5 nitrogen and oxygen atoms in total. The zero-order valence-electron chi connectivity index (χ0n) is 13.5. The standard InChI is InChI=1S/C17H26N2O3/c1-14(20)6-7-18(2)17(21)16-5-3-4-15(12-16)13-19-8-10-22-11-9-19/h3-5,12,14,20H,6-11,13H2,1-2H3. The van der Waals surface area contributed by atoms with Crippen molar-refractivity contribution < 1.29 is 14.6 Å². The largest absolute Gasteiger partial charge is 0.393 e. The molecule has 1 unspecified atom stereocenters. The molecule has 1 aromatic rings. The van der Waals surface area contributed by atoms with Gasteiger partial charge in [0, 0.05) is 38.8 Å². The van der Waals surface area contributed by atoms with Gasteiger partial charge in [-0.25, -0.2) is 0 Å². The van der Waals surface area contributed by atoms with Gasteiger partial charge in [0.05, 0.1) is 19.3 Å². The molecule has 0 saturated carbocycles. The molecule has 1 N–H and O–H groups in total. The number of hydrogen-bond donors (Lipinski definition) is 1.